The van der Waals surface area contributed by atoms with Crippen LogP contribution in [-0.2, 0) is 4.79 Å². The molecular weight excluding hydrogens is 498 g/mol. The number of nitrogens with zero attached hydrogens (tertiary/aromatic N) is 3. The van der Waals surface area contributed by atoms with Crippen LogP contribution in [0.1, 0.15) is 29.2 Å². The smallest absolute Gasteiger partial charge is 0.286 e. The summed E-state index contributed by atoms with van der Waals surface area (Å²) < 4.78 is 10.5. The van der Waals surface area contributed by atoms with Gasteiger partial charge < -0.3 is 14.6 Å². The standard InChI is InChI=1S/C27H22ClN3O4S/c1-34-20-10-6-17(7-11-20)21-15-22(18-4-8-19(28)9-5-18)31(30-21)27-29-26(33)25(36-27)14-16-3-12-23(32)24(13-16)35-2/h3-14,22,32H,15H2,1-2H3/b25-14-. The van der Waals surface area contributed by atoms with Gasteiger partial charge >= 0.3 is 0 Å². The topological polar surface area (TPSA) is 83.7 Å². The molecule has 3 aromatic rings. The number of amidine groups is 1. The Kier molecular flexibility index (Phi) is 6.71. The van der Waals surface area contributed by atoms with E-state index in [-0.39, 0.29) is 17.7 Å². The van der Waals surface area contributed by atoms with Crippen molar-refractivity contribution in [2.75, 3.05) is 14.2 Å². The Balaban J connectivity index is 1.46. The fourth-order valence-electron chi connectivity index (χ4n) is 4.02. The Bertz CT molecular complexity index is 1400. The molecule has 0 spiro atoms. The summed E-state index contributed by atoms with van der Waals surface area (Å²) in [5.74, 6) is 0.790. The van der Waals surface area contributed by atoms with E-state index in [2.05, 4.69) is 4.99 Å². The van der Waals surface area contributed by atoms with E-state index >= 15 is 0 Å². The molecule has 0 aliphatic carbocycles. The Morgan fingerprint density at radius 3 is 2.50 bits per heavy atom. The van der Waals surface area contributed by atoms with Gasteiger partial charge in [-0.05, 0) is 83.1 Å². The van der Waals surface area contributed by atoms with Crippen LogP contribution in [-0.4, -0.2) is 41.1 Å². The average Bonchev–Trinajstić information content (AvgIpc) is 3.49. The van der Waals surface area contributed by atoms with E-state index < -0.39 is 0 Å². The number of hydrogen-bond acceptors (Lipinski definition) is 7. The lowest BCUT2D eigenvalue weighted by Gasteiger charge is -2.22. The number of phenolic OH excluding ortho intramolecular Hbond substituents is 1. The Hall–Kier alpha value is -3.75. The van der Waals surface area contributed by atoms with Crippen molar-refractivity contribution in [1.29, 1.82) is 0 Å². The SMILES string of the molecule is COc1ccc(C2=NN(C3=NC(=O)/C(=C/c4ccc(O)c(OC)c4)S3)C(c3ccc(Cl)cc3)C2)cc1. The van der Waals surface area contributed by atoms with Crippen LogP contribution in [0.15, 0.2) is 81.7 Å². The van der Waals surface area contributed by atoms with Gasteiger partial charge in [0.2, 0.25) is 0 Å². The van der Waals surface area contributed by atoms with Crippen LogP contribution in [0.2, 0.25) is 5.02 Å². The molecule has 5 rings (SSSR count). The quantitative estimate of drug-likeness (QED) is 0.423. The van der Waals surface area contributed by atoms with Crippen molar-refractivity contribution in [2.45, 2.75) is 12.5 Å². The lowest BCUT2D eigenvalue weighted by Crippen LogP contribution is -2.23. The average molecular weight is 520 g/mol. The van der Waals surface area contributed by atoms with Crippen molar-refractivity contribution >= 4 is 46.2 Å². The van der Waals surface area contributed by atoms with Gasteiger partial charge in [-0.2, -0.15) is 10.1 Å². The molecule has 0 saturated carbocycles. The number of hydrogen-bond donors (Lipinski definition) is 1. The molecule has 2 aliphatic heterocycles. The summed E-state index contributed by atoms with van der Waals surface area (Å²) in [6.07, 6.45) is 2.36. The zero-order valence-electron chi connectivity index (χ0n) is 19.5. The van der Waals surface area contributed by atoms with Gasteiger partial charge in [0.15, 0.2) is 16.7 Å². The summed E-state index contributed by atoms with van der Waals surface area (Å²) in [7, 11) is 3.11. The first-order valence-electron chi connectivity index (χ1n) is 11.1. The second kappa shape index (κ2) is 10.1. The normalized spacial score (nSPS) is 18.4. The van der Waals surface area contributed by atoms with Crippen molar-refractivity contribution in [1.82, 2.24) is 5.01 Å². The highest BCUT2D eigenvalue weighted by atomic mass is 35.5. The van der Waals surface area contributed by atoms with Gasteiger partial charge in [0.1, 0.15) is 5.75 Å². The molecule has 0 fully saturated rings. The summed E-state index contributed by atoms with van der Waals surface area (Å²) in [5, 5.41) is 17.7. The van der Waals surface area contributed by atoms with Crippen LogP contribution in [0.25, 0.3) is 6.08 Å². The van der Waals surface area contributed by atoms with Crippen molar-refractivity contribution in [3.8, 4) is 17.2 Å². The molecule has 9 heteroatoms. The monoisotopic (exact) mass is 519 g/mol. The van der Waals surface area contributed by atoms with Gasteiger partial charge in [-0.1, -0.05) is 29.8 Å². The lowest BCUT2D eigenvalue weighted by molar-refractivity contribution is -0.113. The van der Waals surface area contributed by atoms with Gasteiger partial charge in [0.25, 0.3) is 5.91 Å². The maximum Gasteiger partial charge on any atom is 0.286 e. The number of methoxy groups -OCH3 is 2. The summed E-state index contributed by atoms with van der Waals surface area (Å²) in [6, 6.07) is 20.1. The molecule has 1 atom stereocenters. The molecule has 1 amide bonds. The minimum absolute atomic E-state index is 0.0327. The van der Waals surface area contributed by atoms with Crippen molar-refractivity contribution in [3.63, 3.8) is 0 Å². The summed E-state index contributed by atoms with van der Waals surface area (Å²) in [4.78, 5) is 17.6. The van der Waals surface area contributed by atoms with Crippen molar-refractivity contribution < 1.29 is 19.4 Å². The molecule has 2 aliphatic rings. The first-order valence-corrected chi connectivity index (χ1v) is 12.3. The van der Waals surface area contributed by atoms with E-state index in [1.165, 1.54) is 24.9 Å². The molecule has 182 valence electrons. The second-order valence-corrected chi connectivity index (χ2v) is 9.58. The molecular formula is C27H22ClN3O4S. The first kappa shape index (κ1) is 24.0. The van der Waals surface area contributed by atoms with Gasteiger partial charge in [-0.3, -0.25) is 4.79 Å². The van der Waals surface area contributed by atoms with E-state index in [9.17, 15) is 9.90 Å². The number of rotatable bonds is 5. The van der Waals surface area contributed by atoms with Crippen LogP contribution < -0.4 is 9.47 Å². The van der Waals surface area contributed by atoms with Crippen molar-refractivity contribution in [3.05, 3.63) is 93.3 Å². The zero-order chi connectivity index (χ0) is 25.2. The number of amides is 1. The maximum absolute atomic E-state index is 12.8. The molecule has 0 saturated heterocycles. The predicted molar refractivity (Wildman–Crippen MR) is 143 cm³/mol. The zero-order valence-corrected chi connectivity index (χ0v) is 21.1. The van der Waals surface area contributed by atoms with Gasteiger partial charge in [0.05, 0.1) is 30.9 Å². The Morgan fingerprint density at radius 1 is 1.06 bits per heavy atom. The fraction of sp³-hybridized carbons (Fsp3) is 0.148. The number of aromatic hydroxyl groups is 1. The number of thioether (sulfide) groups is 1. The number of benzene rings is 3. The largest absolute Gasteiger partial charge is 0.504 e. The van der Waals surface area contributed by atoms with E-state index in [4.69, 9.17) is 26.2 Å². The van der Waals surface area contributed by atoms with Gasteiger partial charge in [-0.15, -0.1) is 0 Å². The van der Waals surface area contributed by atoms with Crippen LogP contribution in [0, 0.1) is 0 Å². The highest BCUT2D eigenvalue weighted by molar-refractivity contribution is 8.18. The summed E-state index contributed by atoms with van der Waals surface area (Å²) in [5.41, 5.74) is 3.59. The molecule has 0 radical (unpaired) electrons. The molecule has 36 heavy (non-hydrogen) atoms. The fourth-order valence-corrected chi connectivity index (χ4v) is 5.06. The first-order chi connectivity index (χ1) is 17.4. The second-order valence-electron chi connectivity index (χ2n) is 8.13. The molecule has 1 N–H and O–H groups in total. The minimum Gasteiger partial charge on any atom is -0.504 e. The van der Waals surface area contributed by atoms with E-state index in [1.54, 1.807) is 25.3 Å². The minimum atomic E-state index is -0.343. The maximum atomic E-state index is 12.8. The number of aliphatic imine (C=N–C) groups is 1. The van der Waals surface area contributed by atoms with E-state index in [0.717, 1.165) is 28.2 Å². The summed E-state index contributed by atoms with van der Waals surface area (Å²) >= 11 is 7.39. The number of halogens is 1. The third kappa shape index (κ3) is 4.82. The highest BCUT2D eigenvalue weighted by Gasteiger charge is 2.36. The van der Waals surface area contributed by atoms with Crippen LogP contribution in [0.5, 0.6) is 17.2 Å². The Labute approximate surface area is 217 Å². The number of carbonyl (C=O) groups excluding carboxylic acids is 1. The van der Waals surface area contributed by atoms with Gasteiger partial charge in [0, 0.05) is 11.4 Å². The Morgan fingerprint density at radius 2 is 1.81 bits per heavy atom. The van der Waals surface area contributed by atoms with Crippen LogP contribution >= 0.6 is 23.4 Å². The van der Waals surface area contributed by atoms with Crippen LogP contribution in [0.3, 0.4) is 0 Å². The lowest BCUT2D eigenvalue weighted by atomic mass is 9.98. The molecule has 2 heterocycles. The van der Waals surface area contributed by atoms with E-state index in [1.807, 2.05) is 53.5 Å². The molecule has 3 aromatic carbocycles. The number of hydrazone groups is 1. The molecule has 1 unspecified atom stereocenters. The predicted octanol–water partition coefficient (Wildman–Crippen LogP) is 5.88. The van der Waals surface area contributed by atoms with Gasteiger partial charge in [-0.25, -0.2) is 5.01 Å². The third-order valence-electron chi connectivity index (χ3n) is 5.90. The molecule has 0 bridgehead atoms. The van der Waals surface area contributed by atoms with Crippen molar-refractivity contribution in [2.24, 2.45) is 10.1 Å². The number of ether oxygens (including phenoxy) is 2. The molecule has 7 nitrogen and oxygen atoms in total. The number of phenols is 1. The van der Waals surface area contributed by atoms with Crippen LogP contribution in [0.4, 0.5) is 0 Å². The highest BCUT2D eigenvalue weighted by Crippen LogP contribution is 2.40. The van der Waals surface area contributed by atoms with E-state index in [0.29, 0.717) is 27.3 Å². The summed E-state index contributed by atoms with van der Waals surface area (Å²) in [6.45, 7) is 0. The molecule has 0 aromatic heterocycles. The third-order valence-corrected chi connectivity index (χ3v) is 7.12. The number of carbonyl (C=O) groups is 1.